The van der Waals surface area contributed by atoms with E-state index in [0.717, 1.165) is 12.8 Å². The number of ether oxygens (including phenoxy) is 2. The Labute approximate surface area is 202 Å². The normalized spacial score (nSPS) is 22.9. The minimum atomic E-state index is -1.37. The van der Waals surface area contributed by atoms with Crippen LogP contribution >= 0.6 is 0 Å². The number of morpholine rings is 1. The molecule has 0 spiro atoms. The first-order valence-corrected chi connectivity index (χ1v) is 11.7. The molecule has 3 aliphatic heterocycles. The Morgan fingerprint density at radius 3 is 2.60 bits per heavy atom. The predicted molar refractivity (Wildman–Crippen MR) is 125 cm³/mol. The van der Waals surface area contributed by atoms with E-state index in [-0.39, 0.29) is 40.9 Å². The van der Waals surface area contributed by atoms with Crippen LogP contribution in [0.25, 0.3) is 11.3 Å². The molecule has 0 aliphatic carbocycles. The van der Waals surface area contributed by atoms with Crippen molar-refractivity contribution in [3.05, 3.63) is 29.6 Å². The summed E-state index contributed by atoms with van der Waals surface area (Å²) >= 11 is 0. The number of carbonyl (C=O) groups excluding carboxylic acids is 1. The van der Waals surface area contributed by atoms with E-state index < -0.39 is 17.5 Å². The van der Waals surface area contributed by atoms with Crippen LogP contribution in [-0.2, 0) is 4.74 Å². The van der Waals surface area contributed by atoms with Gasteiger partial charge >= 0.3 is 6.09 Å². The molecule has 2 fully saturated rings. The molecule has 0 radical (unpaired) electrons. The molecule has 2 unspecified atom stereocenters. The quantitative estimate of drug-likeness (QED) is 0.677. The molecule has 3 aliphatic rings. The molecule has 2 bridgehead atoms. The number of benzene rings is 1. The van der Waals surface area contributed by atoms with Gasteiger partial charge in [0.15, 0.2) is 0 Å². The Morgan fingerprint density at radius 2 is 1.97 bits per heavy atom. The molecule has 1 aromatic heterocycles. The first-order valence-electron chi connectivity index (χ1n) is 11.7. The Hall–Kier alpha value is -3.47. The number of rotatable bonds is 4. The number of carbonyl (C=O) groups is 2. The van der Waals surface area contributed by atoms with Gasteiger partial charge < -0.3 is 24.4 Å². The highest BCUT2D eigenvalue weighted by molar-refractivity contribution is 6.02. The highest BCUT2D eigenvalue weighted by Gasteiger charge is 2.39. The highest BCUT2D eigenvalue weighted by atomic mass is 19.1. The molecule has 2 atom stereocenters. The number of fused-ring (bicyclic) bond motifs is 3. The van der Waals surface area contributed by atoms with Gasteiger partial charge in [-0.2, -0.15) is 4.98 Å². The van der Waals surface area contributed by atoms with E-state index in [2.05, 4.69) is 4.98 Å². The second-order valence-corrected chi connectivity index (χ2v) is 9.72. The Morgan fingerprint density at radius 1 is 1.26 bits per heavy atom. The van der Waals surface area contributed by atoms with E-state index in [0.29, 0.717) is 37.7 Å². The van der Waals surface area contributed by atoms with E-state index in [1.165, 1.54) is 18.2 Å². The van der Waals surface area contributed by atoms with Gasteiger partial charge in [0.2, 0.25) is 11.8 Å². The average molecular weight is 486 g/mol. The number of carboxylic acid groups (broad SMARTS) is 1. The van der Waals surface area contributed by atoms with Gasteiger partial charge in [0.1, 0.15) is 17.0 Å². The SMILES string of the molecule is CCN1CC(C)(C)Oc2nc(N3CC4CCC(C3)O4)nc(-c3ccc(NC(=O)O)c(F)c3)c2C1=O. The van der Waals surface area contributed by atoms with Crippen LogP contribution in [0.5, 0.6) is 5.88 Å². The van der Waals surface area contributed by atoms with Crippen LogP contribution in [-0.4, -0.2) is 76.0 Å². The molecule has 2 saturated heterocycles. The van der Waals surface area contributed by atoms with Crippen molar-refractivity contribution in [2.24, 2.45) is 0 Å². The summed E-state index contributed by atoms with van der Waals surface area (Å²) in [6, 6.07) is 4.01. The third kappa shape index (κ3) is 4.47. The van der Waals surface area contributed by atoms with Crippen molar-refractivity contribution in [3.8, 4) is 17.1 Å². The molecule has 10 nitrogen and oxygen atoms in total. The number of amides is 2. The van der Waals surface area contributed by atoms with Crippen LogP contribution in [0.4, 0.5) is 20.8 Å². The number of aromatic nitrogens is 2. The summed E-state index contributed by atoms with van der Waals surface area (Å²) in [5, 5.41) is 11.0. The Bertz CT molecular complexity index is 1180. The van der Waals surface area contributed by atoms with E-state index in [9.17, 15) is 14.0 Å². The molecule has 2 aromatic rings. The maximum Gasteiger partial charge on any atom is 0.409 e. The number of nitrogens with one attached hydrogen (secondary N) is 1. The van der Waals surface area contributed by atoms with Crippen LogP contribution in [0.3, 0.4) is 0 Å². The lowest BCUT2D eigenvalue weighted by Crippen LogP contribution is -2.43. The summed E-state index contributed by atoms with van der Waals surface area (Å²) in [7, 11) is 0. The van der Waals surface area contributed by atoms with E-state index in [4.69, 9.17) is 19.6 Å². The van der Waals surface area contributed by atoms with Gasteiger partial charge in [0.25, 0.3) is 5.91 Å². The first kappa shape index (κ1) is 23.3. The zero-order chi connectivity index (χ0) is 24.9. The minimum absolute atomic E-state index is 0.0907. The molecule has 4 heterocycles. The third-order valence-corrected chi connectivity index (χ3v) is 6.50. The fourth-order valence-electron chi connectivity index (χ4n) is 4.94. The van der Waals surface area contributed by atoms with Crippen LogP contribution in [0.15, 0.2) is 18.2 Å². The lowest BCUT2D eigenvalue weighted by molar-refractivity contribution is 0.0297. The van der Waals surface area contributed by atoms with Crippen LogP contribution < -0.4 is 15.0 Å². The van der Waals surface area contributed by atoms with Crippen LogP contribution in [0.2, 0.25) is 0 Å². The zero-order valence-corrected chi connectivity index (χ0v) is 19.9. The molecule has 35 heavy (non-hydrogen) atoms. The number of halogens is 1. The van der Waals surface area contributed by atoms with Gasteiger partial charge in [-0.3, -0.25) is 10.1 Å². The maximum atomic E-state index is 14.8. The topological polar surface area (TPSA) is 117 Å². The van der Waals surface area contributed by atoms with Crippen LogP contribution in [0.1, 0.15) is 44.0 Å². The van der Waals surface area contributed by atoms with Gasteiger partial charge in [0, 0.05) is 25.2 Å². The van der Waals surface area contributed by atoms with Crippen LogP contribution in [0, 0.1) is 5.82 Å². The Balaban J connectivity index is 1.66. The number of nitrogens with zero attached hydrogens (tertiary/aromatic N) is 4. The maximum absolute atomic E-state index is 14.8. The first-order chi connectivity index (χ1) is 16.6. The number of likely N-dealkylation sites (N-methyl/N-ethyl adjacent to an activating group) is 1. The van der Waals surface area contributed by atoms with Crippen molar-refractivity contribution in [2.45, 2.75) is 51.4 Å². The van der Waals surface area contributed by atoms with Crippen molar-refractivity contribution in [2.75, 3.05) is 36.4 Å². The summed E-state index contributed by atoms with van der Waals surface area (Å²) in [4.78, 5) is 37.7. The second-order valence-electron chi connectivity index (χ2n) is 9.72. The fraction of sp³-hybridized carbons (Fsp3) is 0.500. The van der Waals surface area contributed by atoms with Crippen molar-refractivity contribution >= 4 is 23.6 Å². The molecule has 5 rings (SSSR count). The van der Waals surface area contributed by atoms with Gasteiger partial charge in [-0.05, 0) is 45.7 Å². The summed E-state index contributed by atoms with van der Waals surface area (Å²) in [6.45, 7) is 7.69. The molecule has 186 valence electrons. The van der Waals surface area contributed by atoms with Gasteiger partial charge in [-0.15, -0.1) is 0 Å². The molecule has 0 saturated carbocycles. The monoisotopic (exact) mass is 485 g/mol. The molecular formula is C24H28FN5O5. The number of anilines is 2. The fourth-order valence-corrected chi connectivity index (χ4v) is 4.94. The van der Waals surface area contributed by atoms with E-state index in [1.54, 1.807) is 4.90 Å². The molecule has 2 amide bonds. The molecule has 11 heteroatoms. The predicted octanol–water partition coefficient (Wildman–Crippen LogP) is 3.37. The highest BCUT2D eigenvalue weighted by Crippen LogP contribution is 2.38. The molecule has 2 N–H and O–H groups in total. The lowest BCUT2D eigenvalue weighted by atomic mass is 10.0. The second kappa shape index (κ2) is 8.63. The third-order valence-electron chi connectivity index (χ3n) is 6.50. The van der Waals surface area contributed by atoms with Crippen molar-refractivity contribution < 1.29 is 28.6 Å². The Kier molecular flexibility index (Phi) is 5.74. The zero-order valence-electron chi connectivity index (χ0n) is 19.9. The van der Waals surface area contributed by atoms with Gasteiger partial charge in [0.05, 0.1) is 30.1 Å². The van der Waals surface area contributed by atoms with E-state index >= 15 is 0 Å². The van der Waals surface area contributed by atoms with Gasteiger partial charge in [-0.25, -0.2) is 14.2 Å². The smallest absolute Gasteiger partial charge is 0.409 e. The van der Waals surface area contributed by atoms with Crippen molar-refractivity contribution in [1.82, 2.24) is 14.9 Å². The van der Waals surface area contributed by atoms with Crippen molar-refractivity contribution in [1.29, 1.82) is 0 Å². The summed E-state index contributed by atoms with van der Waals surface area (Å²) in [5.74, 6) is -0.536. The summed E-state index contributed by atoms with van der Waals surface area (Å²) in [5.41, 5.74) is -0.168. The summed E-state index contributed by atoms with van der Waals surface area (Å²) in [6.07, 6.45) is 0.743. The minimum Gasteiger partial charge on any atom is -0.469 e. The summed E-state index contributed by atoms with van der Waals surface area (Å²) < 4.78 is 27.0. The number of hydrogen-bond acceptors (Lipinski definition) is 7. The average Bonchev–Trinajstić information content (AvgIpc) is 3.09. The molecular weight excluding hydrogens is 457 g/mol. The standard InChI is InChI=1S/C24H28FN5O5/c1-4-29-12-24(2,3)35-20-18(21(29)31)19(13-5-8-17(16(25)9-13)26-23(32)33)27-22(28-20)30-10-14-6-7-15(11-30)34-14/h5,8-9,14-15,26H,4,6-7,10-12H2,1-3H3,(H,32,33). The molecule has 1 aromatic carbocycles. The number of hydrogen-bond donors (Lipinski definition) is 2. The van der Waals surface area contributed by atoms with E-state index in [1.807, 2.05) is 31.0 Å². The van der Waals surface area contributed by atoms with Gasteiger partial charge in [-0.1, -0.05) is 6.07 Å². The lowest BCUT2D eigenvalue weighted by Gasteiger charge is -2.33. The van der Waals surface area contributed by atoms with Crippen molar-refractivity contribution in [3.63, 3.8) is 0 Å². The largest absolute Gasteiger partial charge is 0.469 e.